The van der Waals surface area contributed by atoms with Crippen molar-refractivity contribution < 1.29 is 0 Å². The first kappa shape index (κ1) is 15.3. The van der Waals surface area contributed by atoms with Gasteiger partial charge in [-0.25, -0.2) is 0 Å². The zero-order valence-corrected chi connectivity index (χ0v) is 13.3. The van der Waals surface area contributed by atoms with Crippen LogP contribution >= 0.6 is 0 Å². The molecule has 112 valence electrons. The minimum Gasteiger partial charge on any atom is -0.312 e. The van der Waals surface area contributed by atoms with Crippen molar-refractivity contribution in [1.82, 2.24) is 10.2 Å². The van der Waals surface area contributed by atoms with E-state index in [1.165, 1.54) is 64.7 Å². The Kier molecular flexibility index (Phi) is 6.15. The molecule has 0 aromatic carbocycles. The summed E-state index contributed by atoms with van der Waals surface area (Å²) in [5.41, 5.74) is 0. The lowest BCUT2D eigenvalue weighted by atomic mass is 9.82. The molecule has 1 aliphatic heterocycles. The number of hydrogen-bond acceptors (Lipinski definition) is 2. The van der Waals surface area contributed by atoms with Crippen LogP contribution in [0.4, 0.5) is 0 Å². The van der Waals surface area contributed by atoms with Crippen molar-refractivity contribution in [2.75, 3.05) is 26.2 Å². The van der Waals surface area contributed by atoms with Crippen LogP contribution in [0.25, 0.3) is 0 Å². The SMILES string of the molecule is CCC(C)C1CN(CC2CCC(C)CC2)CCCN1. The number of nitrogens with zero attached hydrogens (tertiary/aromatic N) is 1. The second-order valence-electron chi connectivity index (χ2n) is 7.19. The summed E-state index contributed by atoms with van der Waals surface area (Å²) in [5, 5.41) is 3.76. The monoisotopic (exact) mass is 266 g/mol. The van der Waals surface area contributed by atoms with E-state index in [2.05, 4.69) is 31.0 Å². The van der Waals surface area contributed by atoms with Crippen molar-refractivity contribution in [3.63, 3.8) is 0 Å². The summed E-state index contributed by atoms with van der Waals surface area (Å²) >= 11 is 0. The number of hydrogen-bond donors (Lipinski definition) is 1. The minimum atomic E-state index is 0.718. The molecule has 1 saturated carbocycles. The van der Waals surface area contributed by atoms with Gasteiger partial charge in [0.2, 0.25) is 0 Å². The molecule has 0 aromatic heterocycles. The summed E-state index contributed by atoms with van der Waals surface area (Å²) in [6.45, 7) is 12.3. The highest BCUT2D eigenvalue weighted by Gasteiger charge is 2.25. The molecule has 0 spiro atoms. The molecule has 0 aromatic rings. The molecule has 2 fully saturated rings. The Morgan fingerprint density at radius 1 is 1.21 bits per heavy atom. The van der Waals surface area contributed by atoms with Crippen LogP contribution in [0.1, 0.15) is 59.3 Å². The lowest BCUT2D eigenvalue weighted by Gasteiger charge is -2.33. The van der Waals surface area contributed by atoms with Gasteiger partial charge in [0.15, 0.2) is 0 Å². The first-order valence-corrected chi connectivity index (χ1v) is 8.64. The lowest BCUT2D eigenvalue weighted by Crippen LogP contribution is -2.43. The molecular formula is C17H34N2. The number of nitrogens with one attached hydrogen (secondary N) is 1. The third-order valence-corrected chi connectivity index (χ3v) is 5.50. The van der Waals surface area contributed by atoms with Gasteiger partial charge in [-0.05, 0) is 50.1 Å². The standard InChI is InChI=1S/C17H34N2/c1-4-15(3)17-13-19(11-5-10-18-17)12-16-8-6-14(2)7-9-16/h14-18H,4-13H2,1-3H3. The van der Waals surface area contributed by atoms with Crippen LogP contribution in [0.5, 0.6) is 0 Å². The van der Waals surface area contributed by atoms with E-state index in [0.29, 0.717) is 0 Å². The molecule has 1 saturated heterocycles. The molecule has 1 aliphatic carbocycles. The van der Waals surface area contributed by atoms with E-state index in [1.54, 1.807) is 0 Å². The molecule has 1 N–H and O–H groups in total. The van der Waals surface area contributed by atoms with E-state index in [4.69, 9.17) is 0 Å². The molecule has 0 bridgehead atoms. The first-order chi connectivity index (χ1) is 9.19. The molecule has 2 nitrogen and oxygen atoms in total. The minimum absolute atomic E-state index is 0.718. The molecule has 2 unspecified atom stereocenters. The Hall–Kier alpha value is -0.0800. The van der Waals surface area contributed by atoms with Crippen LogP contribution in [-0.2, 0) is 0 Å². The van der Waals surface area contributed by atoms with Crippen molar-refractivity contribution in [2.45, 2.75) is 65.3 Å². The summed E-state index contributed by atoms with van der Waals surface area (Å²) in [4.78, 5) is 2.76. The first-order valence-electron chi connectivity index (χ1n) is 8.64. The molecule has 2 aliphatic rings. The van der Waals surface area contributed by atoms with Gasteiger partial charge in [0.1, 0.15) is 0 Å². The third kappa shape index (κ3) is 4.75. The fraction of sp³-hybridized carbons (Fsp3) is 1.00. The molecule has 0 radical (unpaired) electrons. The summed E-state index contributed by atoms with van der Waals surface area (Å²) in [7, 11) is 0. The Labute approximate surface area is 120 Å². The van der Waals surface area contributed by atoms with Crippen molar-refractivity contribution >= 4 is 0 Å². The molecule has 0 amide bonds. The van der Waals surface area contributed by atoms with Crippen molar-refractivity contribution in [2.24, 2.45) is 17.8 Å². The highest BCUT2D eigenvalue weighted by atomic mass is 15.2. The molecular weight excluding hydrogens is 232 g/mol. The van der Waals surface area contributed by atoms with E-state index in [1.807, 2.05) is 0 Å². The highest BCUT2D eigenvalue weighted by Crippen LogP contribution is 2.29. The van der Waals surface area contributed by atoms with E-state index in [0.717, 1.165) is 23.8 Å². The summed E-state index contributed by atoms with van der Waals surface area (Å²) < 4.78 is 0. The predicted octanol–water partition coefficient (Wildman–Crippen LogP) is 3.52. The molecule has 2 rings (SSSR count). The maximum absolute atomic E-state index is 3.76. The second kappa shape index (κ2) is 7.64. The average molecular weight is 266 g/mol. The van der Waals surface area contributed by atoms with Crippen LogP contribution in [0.15, 0.2) is 0 Å². The van der Waals surface area contributed by atoms with Gasteiger partial charge in [0.05, 0.1) is 0 Å². The van der Waals surface area contributed by atoms with Gasteiger partial charge in [-0.1, -0.05) is 40.0 Å². The average Bonchev–Trinajstić information content (AvgIpc) is 2.66. The Balaban J connectivity index is 1.81. The topological polar surface area (TPSA) is 15.3 Å². The van der Waals surface area contributed by atoms with Gasteiger partial charge in [-0.2, -0.15) is 0 Å². The van der Waals surface area contributed by atoms with E-state index in [9.17, 15) is 0 Å². The molecule has 2 atom stereocenters. The number of rotatable bonds is 4. The third-order valence-electron chi connectivity index (χ3n) is 5.50. The van der Waals surface area contributed by atoms with E-state index >= 15 is 0 Å². The van der Waals surface area contributed by atoms with Crippen LogP contribution in [0.3, 0.4) is 0 Å². The maximum Gasteiger partial charge on any atom is 0.0220 e. The predicted molar refractivity (Wildman–Crippen MR) is 83.4 cm³/mol. The summed E-state index contributed by atoms with van der Waals surface area (Å²) in [5.74, 6) is 2.77. The fourth-order valence-corrected chi connectivity index (χ4v) is 3.73. The Morgan fingerprint density at radius 2 is 1.95 bits per heavy atom. The Bertz CT molecular complexity index is 246. The fourth-order valence-electron chi connectivity index (χ4n) is 3.73. The largest absolute Gasteiger partial charge is 0.312 e. The van der Waals surface area contributed by atoms with Gasteiger partial charge >= 0.3 is 0 Å². The smallest absolute Gasteiger partial charge is 0.0220 e. The zero-order valence-electron chi connectivity index (χ0n) is 13.3. The van der Waals surface area contributed by atoms with Crippen LogP contribution in [-0.4, -0.2) is 37.1 Å². The summed E-state index contributed by atoms with van der Waals surface area (Å²) in [6.07, 6.45) is 8.50. The van der Waals surface area contributed by atoms with Crippen LogP contribution < -0.4 is 5.32 Å². The molecule has 19 heavy (non-hydrogen) atoms. The van der Waals surface area contributed by atoms with Gasteiger partial charge < -0.3 is 10.2 Å². The summed E-state index contributed by atoms with van der Waals surface area (Å²) in [6, 6.07) is 0.718. The van der Waals surface area contributed by atoms with Crippen molar-refractivity contribution in [1.29, 1.82) is 0 Å². The van der Waals surface area contributed by atoms with E-state index in [-0.39, 0.29) is 0 Å². The van der Waals surface area contributed by atoms with Gasteiger partial charge in [0.25, 0.3) is 0 Å². The second-order valence-corrected chi connectivity index (χ2v) is 7.19. The van der Waals surface area contributed by atoms with Crippen LogP contribution in [0, 0.1) is 17.8 Å². The highest BCUT2D eigenvalue weighted by molar-refractivity contribution is 4.82. The molecule has 1 heterocycles. The van der Waals surface area contributed by atoms with E-state index < -0.39 is 0 Å². The zero-order chi connectivity index (χ0) is 13.7. The molecule has 2 heteroatoms. The van der Waals surface area contributed by atoms with Crippen molar-refractivity contribution in [3.8, 4) is 0 Å². The van der Waals surface area contributed by atoms with Crippen LogP contribution in [0.2, 0.25) is 0 Å². The van der Waals surface area contributed by atoms with Crippen molar-refractivity contribution in [3.05, 3.63) is 0 Å². The Morgan fingerprint density at radius 3 is 2.63 bits per heavy atom. The van der Waals surface area contributed by atoms with Gasteiger partial charge in [-0.15, -0.1) is 0 Å². The normalized spacial score (nSPS) is 35.8. The lowest BCUT2D eigenvalue weighted by molar-refractivity contribution is 0.172. The van der Waals surface area contributed by atoms with Gasteiger partial charge in [0, 0.05) is 19.1 Å². The maximum atomic E-state index is 3.76. The van der Waals surface area contributed by atoms with Gasteiger partial charge in [-0.3, -0.25) is 0 Å². The quantitative estimate of drug-likeness (QED) is 0.837.